The lowest BCUT2D eigenvalue weighted by atomic mass is 10.1. The van der Waals surface area contributed by atoms with Gasteiger partial charge in [-0.1, -0.05) is 0 Å². The zero-order valence-corrected chi connectivity index (χ0v) is 12.4. The highest BCUT2D eigenvalue weighted by Gasteiger charge is 2.32. The maximum Gasteiger partial charge on any atom is 0.220 e. The van der Waals surface area contributed by atoms with E-state index in [9.17, 15) is 4.79 Å². The van der Waals surface area contributed by atoms with Crippen molar-refractivity contribution in [2.45, 2.75) is 46.3 Å². The maximum absolute atomic E-state index is 11.6. The van der Waals surface area contributed by atoms with E-state index in [0.29, 0.717) is 13.1 Å². The molecule has 106 valence electrons. The lowest BCUT2D eigenvalue weighted by molar-refractivity contribution is -0.129. The Labute approximate surface area is 118 Å². The highest BCUT2D eigenvalue weighted by Crippen LogP contribution is 2.31. The molecule has 3 rings (SSSR count). The van der Waals surface area contributed by atoms with Gasteiger partial charge in [0.15, 0.2) is 0 Å². The molecule has 1 aliphatic heterocycles. The smallest absolute Gasteiger partial charge is 0.220 e. The fourth-order valence-corrected chi connectivity index (χ4v) is 2.63. The van der Waals surface area contributed by atoms with Crippen molar-refractivity contribution in [2.24, 2.45) is 0 Å². The van der Waals surface area contributed by atoms with Gasteiger partial charge in [-0.25, -0.2) is 4.68 Å². The van der Waals surface area contributed by atoms with Crippen molar-refractivity contribution in [3.63, 3.8) is 0 Å². The molecule has 2 aromatic heterocycles. The normalized spacial score (nSPS) is 14.7. The topological polar surface area (TPSA) is 43.1 Å². The summed E-state index contributed by atoms with van der Waals surface area (Å²) in [6.45, 7) is 9.30. The quantitative estimate of drug-likeness (QED) is 0.799. The molecule has 20 heavy (non-hydrogen) atoms. The van der Waals surface area contributed by atoms with Crippen molar-refractivity contribution in [1.82, 2.24) is 19.2 Å². The van der Waals surface area contributed by atoms with E-state index in [1.54, 1.807) is 6.92 Å². The molecule has 0 saturated carbocycles. The second-order valence-electron chi connectivity index (χ2n) is 6.30. The Morgan fingerprint density at radius 2 is 1.85 bits per heavy atom. The van der Waals surface area contributed by atoms with E-state index in [4.69, 9.17) is 5.10 Å². The van der Waals surface area contributed by atoms with Crippen molar-refractivity contribution in [1.29, 1.82) is 0 Å². The molecule has 0 atom stereocenters. The third-order valence-electron chi connectivity index (χ3n) is 3.66. The molecule has 1 amide bonds. The number of carbonyl (C=O) groups is 1. The van der Waals surface area contributed by atoms with Gasteiger partial charge in [0.05, 0.1) is 24.3 Å². The van der Waals surface area contributed by atoms with Gasteiger partial charge >= 0.3 is 0 Å². The van der Waals surface area contributed by atoms with E-state index in [1.807, 2.05) is 29.4 Å². The van der Waals surface area contributed by atoms with Crippen LogP contribution in [0.1, 0.15) is 39.0 Å². The van der Waals surface area contributed by atoms with Gasteiger partial charge in [-0.15, -0.1) is 0 Å². The lowest BCUT2D eigenvalue weighted by Crippen LogP contribution is -2.28. The molecule has 0 aliphatic carbocycles. The number of nitrogens with zero attached hydrogens (tertiary/aromatic N) is 4. The molecule has 0 spiro atoms. The largest absolute Gasteiger partial charge is 0.332 e. The lowest BCUT2D eigenvalue weighted by Gasteiger charge is -2.24. The van der Waals surface area contributed by atoms with E-state index in [0.717, 1.165) is 17.1 Å². The minimum atomic E-state index is -0.0923. The Balaban J connectivity index is 2.14. The molecule has 1 aliphatic rings. The fraction of sp³-hybridized carbons (Fsp3) is 0.467. The van der Waals surface area contributed by atoms with E-state index >= 15 is 0 Å². The minimum absolute atomic E-state index is 0.0923. The summed E-state index contributed by atoms with van der Waals surface area (Å²) >= 11 is 0. The van der Waals surface area contributed by atoms with Crippen molar-refractivity contribution in [3.05, 3.63) is 35.8 Å². The summed E-state index contributed by atoms with van der Waals surface area (Å²) in [5.41, 5.74) is 2.08. The molecule has 0 unspecified atom stereocenters. The van der Waals surface area contributed by atoms with Gasteiger partial charge in [-0.05, 0) is 32.9 Å². The Morgan fingerprint density at radius 1 is 1.20 bits per heavy atom. The zero-order chi connectivity index (χ0) is 14.5. The van der Waals surface area contributed by atoms with Crippen LogP contribution >= 0.6 is 0 Å². The molecule has 0 fully saturated rings. The molecular weight excluding hydrogens is 252 g/mol. The SMILES string of the molecule is CC(=O)N1Cc2nn(C(C)(C)C)c(-n3cccc3)c2C1. The molecule has 0 radical (unpaired) electrons. The Hall–Kier alpha value is -2.04. The van der Waals surface area contributed by atoms with Gasteiger partial charge in [-0.3, -0.25) is 4.79 Å². The number of rotatable bonds is 1. The number of hydrogen-bond donors (Lipinski definition) is 0. The van der Waals surface area contributed by atoms with Crippen LogP contribution in [0.3, 0.4) is 0 Å². The number of amides is 1. The van der Waals surface area contributed by atoms with Crippen molar-refractivity contribution in [2.75, 3.05) is 0 Å². The number of carbonyl (C=O) groups excluding carboxylic acids is 1. The molecule has 3 heterocycles. The molecule has 5 nitrogen and oxygen atoms in total. The second kappa shape index (κ2) is 4.23. The second-order valence-corrected chi connectivity index (χ2v) is 6.30. The van der Waals surface area contributed by atoms with Gasteiger partial charge in [0.25, 0.3) is 0 Å². The molecule has 0 saturated heterocycles. The first-order valence-electron chi connectivity index (χ1n) is 6.88. The van der Waals surface area contributed by atoms with E-state index in [1.165, 1.54) is 0 Å². The first kappa shape index (κ1) is 13.0. The highest BCUT2D eigenvalue weighted by molar-refractivity contribution is 5.74. The van der Waals surface area contributed by atoms with Crippen molar-refractivity contribution >= 4 is 5.91 Å². The summed E-state index contributed by atoms with van der Waals surface area (Å²) in [7, 11) is 0. The van der Waals surface area contributed by atoms with Crippen LogP contribution in [0.4, 0.5) is 0 Å². The summed E-state index contributed by atoms with van der Waals surface area (Å²) in [5, 5.41) is 4.75. The number of fused-ring (bicyclic) bond motifs is 1. The average Bonchev–Trinajstić information content (AvgIpc) is 3.01. The Bertz CT molecular complexity index is 646. The molecule has 0 bridgehead atoms. The first-order valence-corrected chi connectivity index (χ1v) is 6.88. The van der Waals surface area contributed by atoms with E-state index in [-0.39, 0.29) is 11.4 Å². The molecule has 2 aromatic rings. The average molecular weight is 272 g/mol. The minimum Gasteiger partial charge on any atom is -0.332 e. The summed E-state index contributed by atoms with van der Waals surface area (Å²) in [5.74, 6) is 1.17. The predicted octanol–water partition coefficient (Wildman–Crippen LogP) is 2.29. The monoisotopic (exact) mass is 272 g/mol. The van der Waals surface area contributed by atoms with Crippen LogP contribution in [-0.2, 0) is 23.4 Å². The number of hydrogen-bond acceptors (Lipinski definition) is 2. The third-order valence-corrected chi connectivity index (χ3v) is 3.66. The fourth-order valence-electron chi connectivity index (χ4n) is 2.63. The van der Waals surface area contributed by atoms with Gasteiger partial charge in [-0.2, -0.15) is 5.10 Å². The Kier molecular flexibility index (Phi) is 2.74. The number of aromatic nitrogens is 3. The van der Waals surface area contributed by atoms with Crippen LogP contribution in [0, 0.1) is 0 Å². The first-order chi connectivity index (χ1) is 9.38. The van der Waals surface area contributed by atoms with Gasteiger partial charge in [0, 0.05) is 24.9 Å². The van der Waals surface area contributed by atoms with Crippen molar-refractivity contribution in [3.8, 4) is 5.82 Å². The Morgan fingerprint density at radius 3 is 2.40 bits per heavy atom. The van der Waals surface area contributed by atoms with Gasteiger partial charge in [0.1, 0.15) is 5.82 Å². The predicted molar refractivity (Wildman–Crippen MR) is 76.5 cm³/mol. The van der Waals surface area contributed by atoms with Crippen LogP contribution in [0.15, 0.2) is 24.5 Å². The van der Waals surface area contributed by atoms with Crippen molar-refractivity contribution < 1.29 is 4.79 Å². The highest BCUT2D eigenvalue weighted by atomic mass is 16.2. The maximum atomic E-state index is 11.6. The summed E-state index contributed by atoms with van der Waals surface area (Å²) in [6.07, 6.45) is 4.05. The van der Waals surface area contributed by atoms with Gasteiger partial charge < -0.3 is 9.47 Å². The van der Waals surface area contributed by atoms with E-state index in [2.05, 4.69) is 30.0 Å². The van der Waals surface area contributed by atoms with Crippen LogP contribution in [0.2, 0.25) is 0 Å². The summed E-state index contributed by atoms with van der Waals surface area (Å²) in [4.78, 5) is 13.4. The molecule has 5 heteroatoms. The van der Waals surface area contributed by atoms with Crippen LogP contribution in [0.25, 0.3) is 5.82 Å². The summed E-state index contributed by atoms with van der Waals surface area (Å²) in [6, 6.07) is 4.01. The third kappa shape index (κ3) is 1.94. The van der Waals surface area contributed by atoms with E-state index < -0.39 is 0 Å². The molecule has 0 aromatic carbocycles. The van der Waals surface area contributed by atoms with Crippen LogP contribution in [0.5, 0.6) is 0 Å². The van der Waals surface area contributed by atoms with Crippen LogP contribution in [-0.4, -0.2) is 25.2 Å². The standard InChI is InChI=1S/C15H20N4O/c1-11(20)18-9-12-13(10-18)16-19(15(2,3)4)14(12)17-7-5-6-8-17/h5-8H,9-10H2,1-4H3. The molecule has 0 N–H and O–H groups in total. The van der Waals surface area contributed by atoms with Crippen LogP contribution < -0.4 is 0 Å². The molecular formula is C15H20N4O. The zero-order valence-electron chi connectivity index (χ0n) is 12.4. The van der Waals surface area contributed by atoms with Gasteiger partial charge in [0.2, 0.25) is 5.91 Å². The summed E-state index contributed by atoms with van der Waals surface area (Å²) < 4.78 is 4.15.